The Morgan fingerprint density at radius 3 is 2.76 bits per heavy atom. The van der Waals surface area contributed by atoms with E-state index in [0.717, 1.165) is 6.54 Å². The lowest BCUT2D eigenvalue weighted by Crippen LogP contribution is -2.40. The van der Waals surface area contributed by atoms with E-state index in [9.17, 15) is 9.90 Å². The van der Waals surface area contributed by atoms with Gasteiger partial charge in [-0.25, -0.2) is 0 Å². The lowest BCUT2D eigenvalue weighted by Gasteiger charge is -2.29. The Hall–Kier alpha value is -0.870. The molecule has 1 aliphatic carbocycles. The Morgan fingerprint density at radius 1 is 1.59 bits per heavy atom. The van der Waals surface area contributed by atoms with Crippen LogP contribution < -0.4 is 0 Å². The van der Waals surface area contributed by atoms with Crippen molar-refractivity contribution in [1.29, 1.82) is 0 Å². The van der Waals surface area contributed by atoms with Gasteiger partial charge in [-0.2, -0.15) is 11.3 Å². The van der Waals surface area contributed by atoms with Gasteiger partial charge in [0.15, 0.2) is 0 Å². The molecule has 1 aromatic heterocycles. The largest absolute Gasteiger partial charge is 0.481 e. The summed E-state index contributed by atoms with van der Waals surface area (Å²) in [6.45, 7) is 5.12. The molecule has 0 saturated heterocycles. The van der Waals surface area contributed by atoms with Gasteiger partial charge in [-0.3, -0.25) is 9.69 Å². The SMILES string of the molecule is CC(C)(CN(Cc1ccsc1)C1CC1)C(=O)O. The summed E-state index contributed by atoms with van der Waals surface area (Å²) in [5, 5.41) is 13.4. The zero-order valence-corrected chi connectivity index (χ0v) is 11.2. The third-order valence-corrected chi connectivity index (χ3v) is 3.94. The zero-order valence-electron chi connectivity index (χ0n) is 10.3. The van der Waals surface area contributed by atoms with Crippen LogP contribution in [0.5, 0.6) is 0 Å². The van der Waals surface area contributed by atoms with Crippen LogP contribution in [0.4, 0.5) is 0 Å². The standard InChI is InChI=1S/C13H19NO2S/c1-13(2,12(15)16)9-14(11-3-4-11)7-10-5-6-17-8-10/h5-6,8,11H,3-4,7,9H2,1-2H3,(H,15,16). The summed E-state index contributed by atoms with van der Waals surface area (Å²) >= 11 is 1.69. The van der Waals surface area contributed by atoms with Gasteiger partial charge < -0.3 is 5.11 Å². The molecule has 4 heteroatoms. The first-order chi connectivity index (χ1) is 7.99. The van der Waals surface area contributed by atoms with Crippen molar-refractivity contribution in [2.24, 2.45) is 5.41 Å². The number of hydrogen-bond donors (Lipinski definition) is 1. The number of carbonyl (C=O) groups is 1. The van der Waals surface area contributed by atoms with Crippen molar-refractivity contribution in [2.75, 3.05) is 6.54 Å². The van der Waals surface area contributed by atoms with E-state index in [1.54, 1.807) is 25.2 Å². The molecule has 0 bridgehead atoms. The molecule has 1 aliphatic rings. The van der Waals surface area contributed by atoms with Crippen LogP contribution in [0.2, 0.25) is 0 Å². The minimum atomic E-state index is -0.714. The van der Waals surface area contributed by atoms with Gasteiger partial charge in [0.2, 0.25) is 0 Å². The molecule has 1 aromatic rings. The topological polar surface area (TPSA) is 40.5 Å². The quantitative estimate of drug-likeness (QED) is 0.847. The van der Waals surface area contributed by atoms with E-state index in [1.807, 2.05) is 0 Å². The van der Waals surface area contributed by atoms with Gasteiger partial charge in [-0.05, 0) is 49.1 Å². The van der Waals surface area contributed by atoms with E-state index >= 15 is 0 Å². The second kappa shape index (κ2) is 4.78. The van der Waals surface area contributed by atoms with Gasteiger partial charge in [-0.1, -0.05) is 0 Å². The molecule has 94 valence electrons. The van der Waals surface area contributed by atoms with Gasteiger partial charge >= 0.3 is 5.97 Å². The molecule has 1 heterocycles. The van der Waals surface area contributed by atoms with Gasteiger partial charge in [0, 0.05) is 19.1 Å². The van der Waals surface area contributed by atoms with Gasteiger partial charge in [0.1, 0.15) is 0 Å². The molecule has 0 spiro atoms. The Labute approximate surface area is 106 Å². The summed E-state index contributed by atoms with van der Waals surface area (Å²) in [5.41, 5.74) is 0.626. The fraction of sp³-hybridized carbons (Fsp3) is 0.615. The molecular weight excluding hydrogens is 234 g/mol. The first-order valence-corrected chi connectivity index (χ1v) is 6.92. The monoisotopic (exact) mass is 253 g/mol. The molecule has 1 N–H and O–H groups in total. The highest BCUT2D eigenvalue weighted by Crippen LogP contribution is 2.31. The van der Waals surface area contributed by atoms with Crippen LogP contribution >= 0.6 is 11.3 Å². The maximum atomic E-state index is 11.2. The average molecular weight is 253 g/mol. The first-order valence-electron chi connectivity index (χ1n) is 5.97. The highest BCUT2D eigenvalue weighted by atomic mass is 32.1. The smallest absolute Gasteiger partial charge is 0.310 e. The van der Waals surface area contributed by atoms with Crippen LogP contribution in [0.1, 0.15) is 32.3 Å². The summed E-state index contributed by atoms with van der Waals surface area (Å²) < 4.78 is 0. The molecule has 0 unspecified atom stereocenters. The fourth-order valence-corrected chi connectivity index (χ4v) is 2.61. The second-order valence-corrected chi connectivity index (χ2v) is 6.24. The van der Waals surface area contributed by atoms with Crippen LogP contribution in [0.25, 0.3) is 0 Å². The van der Waals surface area contributed by atoms with Gasteiger partial charge in [0.25, 0.3) is 0 Å². The van der Waals surface area contributed by atoms with Crippen molar-refractivity contribution < 1.29 is 9.90 Å². The van der Waals surface area contributed by atoms with E-state index in [4.69, 9.17) is 0 Å². The highest BCUT2D eigenvalue weighted by Gasteiger charge is 2.36. The van der Waals surface area contributed by atoms with E-state index in [1.165, 1.54) is 18.4 Å². The summed E-state index contributed by atoms with van der Waals surface area (Å²) in [7, 11) is 0. The number of rotatable bonds is 6. The van der Waals surface area contributed by atoms with Crippen LogP contribution in [-0.4, -0.2) is 28.6 Å². The highest BCUT2D eigenvalue weighted by molar-refractivity contribution is 7.07. The summed E-state index contributed by atoms with van der Waals surface area (Å²) in [4.78, 5) is 13.5. The van der Waals surface area contributed by atoms with Crippen molar-refractivity contribution in [1.82, 2.24) is 4.90 Å². The second-order valence-electron chi connectivity index (χ2n) is 5.46. The summed E-state index contributed by atoms with van der Waals surface area (Å²) in [6.07, 6.45) is 2.42. The van der Waals surface area contributed by atoms with Gasteiger partial charge in [-0.15, -0.1) is 0 Å². The molecular formula is C13H19NO2S. The van der Waals surface area contributed by atoms with E-state index in [-0.39, 0.29) is 0 Å². The van der Waals surface area contributed by atoms with Crippen LogP contribution in [-0.2, 0) is 11.3 Å². The van der Waals surface area contributed by atoms with Gasteiger partial charge in [0.05, 0.1) is 5.41 Å². The number of carboxylic acid groups (broad SMARTS) is 1. The molecule has 1 fully saturated rings. The lowest BCUT2D eigenvalue weighted by molar-refractivity contribution is -0.148. The zero-order chi connectivity index (χ0) is 12.5. The average Bonchev–Trinajstić information content (AvgIpc) is 2.97. The molecule has 0 atom stereocenters. The van der Waals surface area contributed by atoms with Crippen molar-refractivity contribution in [3.63, 3.8) is 0 Å². The number of aliphatic carboxylic acids is 1. The van der Waals surface area contributed by atoms with Crippen molar-refractivity contribution in [3.8, 4) is 0 Å². The molecule has 0 amide bonds. The normalized spacial score (nSPS) is 16.4. The number of nitrogens with zero attached hydrogens (tertiary/aromatic N) is 1. The number of hydrogen-bond acceptors (Lipinski definition) is 3. The predicted octanol–water partition coefficient (Wildman–Crippen LogP) is 2.82. The molecule has 3 nitrogen and oxygen atoms in total. The van der Waals surface area contributed by atoms with Crippen molar-refractivity contribution in [2.45, 2.75) is 39.3 Å². The minimum absolute atomic E-state index is 0.591. The molecule has 1 saturated carbocycles. The van der Waals surface area contributed by atoms with Crippen LogP contribution in [0.3, 0.4) is 0 Å². The molecule has 0 aliphatic heterocycles. The molecule has 0 radical (unpaired) electrons. The number of thiophene rings is 1. The van der Waals surface area contributed by atoms with E-state index in [0.29, 0.717) is 12.6 Å². The lowest BCUT2D eigenvalue weighted by atomic mass is 9.93. The first kappa shape index (κ1) is 12.6. The Morgan fingerprint density at radius 2 is 2.29 bits per heavy atom. The van der Waals surface area contributed by atoms with Crippen LogP contribution in [0, 0.1) is 5.41 Å². The van der Waals surface area contributed by atoms with Crippen molar-refractivity contribution in [3.05, 3.63) is 22.4 Å². The maximum Gasteiger partial charge on any atom is 0.310 e. The maximum absolute atomic E-state index is 11.2. The number of carboxylic acids is 1. The molecule has 0 aromatic carbocycles. The van der Waals surface area contributed by atoms with E-state index in [2.05, 4.69) is 21.7 Å². The Balaban J connectivity index is 2.00. The predicted molar refractivity (Wildman–Crippen MR) is 69.2 cm³/mol. The summed E-state index contributed by atoms with van der Waals surface area (Å²) in [6, 6.07) is 2.71. The third kappa shape index (κ3) is 3.30. The van der Waals surface area contributed by atoms with E-state index < -0.39 is 11.4 Å². The van der Waals surface area contributed by atoms with Crippen LogP contribution in [0.15, 0.2) is 16.8 Å². The van der Waals surface area contributed by atoms with Crippen molar-refractivity contribution >= 4 is 17.3 Å². The Kier molecular flexibility index (Phi) is 3.54. The molecule has 17 heavy (non-hydrogen) atoms. The molecule has 2 rings (SSSR count). The minimum Gasteiger partial charge on any atom is -0.481 e. The Bertz CT molecular complexity index is 382. The summed E-state index contributed by atoms with van der Waals surface area (Å²) in [5.74, 6) is -0.714. The third-order valence-electron chi connectivity index (χ3n) is 3.21. The fourth-order valence-electron chi connectivity index (χ4n) is 1.95.